The predicted molar refractivity (Wildman–Crippen MR) is 110 cm³/mol. The molecule has 1 aliphatic rings. The Hall–Kier alpha value is -2.22. The van der Waals surface area contributed by atoms with Crippen LogP contribution >= 0.6 is 11.3 Å². The van der Waals surface area contributed by atoms with Gasteiger partial charge in [-0.05, 0) is 43.1 Å². The molecule has 0 amide bonds. The van der Waals surface area contributed by atoms with Crippen LogP contribution in [0.3, 0.4) is 0 Å². The summed E-state index contributed by atoms with van der Waals surface area (Å²) in [5.41, 5.74) is 2.30. The van der Waals surface area contributed by atoms with Crippen molar-refractivity contribution in [3.8, 4) is 17.0 Å². The van der Waals surface area contributed by atoms with Crippen LogP contribution in [0, 0.1) is 5.82 Å². The zero-order valence-corrected chi connectivity index (χ0v) is 16.8. The highest BCUT2D eigenvalue weighted by atomic mass is 32.1. The van der Waals surface area contributed by atoms with E-state index in [9.17, 15) is 4.39 Å². The van der Waals surface area contributed by atoms with Gasteiger partial charge in [0.05, 0.1) is 19.0 Å². The van der Waals surface area contributed by atoms with Crippen LogP contribution in [0.1, 0.15) is 16.9 Å². The normalized spacial score (nSPS) is 16.2. The van der Waals surface area contributed by atoms with Crippen LogP contribution in [0.2, 0.25) is 0 Å². The molecule has 0 atom stereocenters. The first-order chi connectivity index (χ1) is 13.7. The number of aromatic nitrogens is 2. The number of hydrogen-bond donors (Lipinski definition) is 1. The molecule has 0 radical (unpaired) electrons. The molecular formula is C21H25FN4OS. The van der Waals surface area contributed by atoms with Crippen molar-refractivity contribution in [1.29, 1.82) is 0 Å². The minimum atomic E-state index is -0.303. The van der Waals surface area contributed by atoms with E-state index in [2.05, 4.69) is 37.5 Å². The average molecular weight is 401 g/mol. The Morgan fingerprint density at radius 1 is 1.14 bits per heavy atom. The molecule has 1 fully saturated rings. The number of methoxy groups -OCH3 is 1. The molecule has 148 valence electrons. The summed E-state index contributed by atoms with van der Waals surface area (Å²) in [6.07, 6.45) is 2.95. The van der Waals surface area contributed by atoms with Gasteiger partial charge in [-0.2, -0.15) is 5.10 Å². The Morgan fingerprint density at radius 2 is 1.96 bits per heavy atom. The van der Waals surface area contributed by atoms with Gasteiger partial charge in [0, 0.05) is 48.2 Å². The molecule has 0 bridgehead atoms. The van der Waals surface area contributed by atoms with E-state index in [1.165, 1.54) is 18.1 Å². The number of nitrogens with zero attached hydrogens (tertiary/aromatic N) is 3. The molecule has 28 heavy (non-hydrogen) atoms. The van der Waals surface area contributed by atoms with Gasteiger partial charge in [0.2, 0.25) is 0 Å². The van der Waals surface area contributed by atoms with Gasteiger partial charge in [0.15, 0.2) is 0 Å². The van der Waals surface area contributed by atoms with Crippen molar-refractivity contribution in [2.75, 3.05) is 33.3 Å². The van der Waals surface area contributed by atoms with E-state index in [1.807, 2.05) is 17.5 Å². The van der Waals surface area contributed by atoms with Crippen LogP contribution in [0.15, 0.2) is 41.9 Å². The number of aromatic amines is 1. The van der Waals surface area contributed by atoms with Crippen molar-refractivity contribution < 1.29 is 9.13 Å². The molecule has 4 rings (SSSR count). The fraction of sp³-hybridized carbons (Fsp3) is 0.381. The van der Waals surface area contributed by atoms with Gasteiger partial charge in [0.25, 0.3) is 0 Å². The number of thiophene rings is 1. The molecule has 5 nitrogen and oxygen atoms in total. The summed E-state index contributed by atoms with van der Waals surface area (Å²) < 4.78 is 19.6. The highest BCUT2D eigenvalue weighted by molar-refractivity contribution is 7.09. The number of benzene rings is 1. The van der Waals surface area contributed by atoms with Gasteiger partial charge in [0.1, 0.15) is 11.6 Å². The predicted octanol–water partition coefficient (Wildman–Crippen LogP) is 3.99. The first-order valence-electron chi connectivity index (χ1n) is 9.56. The Kier molecular flexibility index (Phi) is 6.04. The number of halogens is 1. The van der Waals surface area contributed by atoms with Gasteiger partial charge in [-0.1, -0.05) is 6.07 Å². The largest absolute Gasteiger partial charge is 0.497 e. The minimum Gasteiger partial charge on any atom is -0.497 e. The van der Waals surface area contributed by atoms with E-state index in [-0.39, 0.29) is 5.82 Å². The van der Waals surface area contributed by atoms with Crippen molar-refractivity contribution in [2.24, 2.45) is 0 Å². The number of H-pyrrole nitrogens is 1. The van der Waals surface area contributed by atoms with Crippen molar-refractivity contribution in [1.82, 2.24) is 20.0 Å². The molecule has 2 aromatic heterocycles. The smallest absolute Gasteiger partial charge is 0.136 e. The van der Waals surface area contributed by atoms with E-state index in [4.69, 9.17) is 4.74 Å². The first-order valence-corrected chi connectivity index (χ1v) is 10.4. The number of hydrogen-bond acceptors (Lipinski definition) is 5. The van der Waals surface area contributed by atoms with Gasteiger partial charge < -0.3 is 4.74 Å². The van der Waals surface area contributed by atoms with E-state index < -0.39 is 0 Å². The molecule has 3 aromatic rings. The summed E-state index contributed by atoms with van der Waals surface area (Å²) in [5, 5.41) is 9.29. The fourth-order valence-electron chi connectivity index (χ4n) is 3.69. The lowest BCUT2D eigenvalue weighted by molar-refractivity contribution is 0.248. The highest BCUT2D eigenvalue weighted by Crippen LogP contribution is 2.28. The lowest BCUT2D eigenvalue weighted by atomic mass is 10.1. The third-order valence-electron chi connectivity index (χ3n) is 5.20. The molecule has 0 aliphatic carbocycles. The Morgan fingerprint density at radius 3 is 2.68 bits per heavy atom. The van der Waals surface area contributed by atoms with Gasteiger partial charge in [-0.3, -0.25) is 14.9 Å². The van der Waals surface area contributed by atoms with Crippen LogP contribution < -0.4 is 4.74 Å². The zero-order chi connectivity index (χ0) is 19.3. The fourth-order valence-corrected chi connectivity index (χ4v) is 4.44. The quantitative estimate of drug-likeness (QED) is 0.679. The standard InChI is InChI=1S/C21H25FN4OS/c1-27-17-5-6-19(20(22)12-17)21-16(13-23-24-21)14-25-7-3-8-26(10-9-25)15-18-4-2-11-28-18/h2,4-6,11-13H,3,7-10,14-15H2,1H3,(H,23,24). The van der Waals surface area contributed by atoms with Gasteiger partial charge in [-0.25, -0.2) is 4.39 Å². The Labute approximate surface area is 168 Å². The average Bonchev–Trinajstić information content (AvgIpc) is 3.32. The molecule has 0 spiro atoms. The van der Waals surface area contributed by atoms with Crippen LogP contribution in [0.25, 0.3) is 11.3 Å². The van der Waals surface area contributed by atoms with E-state index in [1.54, 1.807) is 12.1 Å². The van der Waals surface area contributed by atoms with Crippen molar-refractivity contribution in [3.05, 3.63) is 58.2 Å². The summed E-state index contributed by atoms with van der Waals surface area (Å²) in [5.74, 6) is 0.212. The topological polar surface area (TPSA) is 44.4 Å². The summed E-state index contributed by atoms with van der Waals surface area (Å²) >= 11 is 1.82. The van der Waals surface area contributed by atoms with Crippen molar-refractivity contribution in [3.63, 3.8) is 0 Å². The van der Waals surface area contributed by atoms with Gasteiger partial charge in [-0.15, -0.1) is 11.3 Å². The molecule has 7 heteroatoms. The second kappa shape index (κ2) is 8.86. The summed E-state index contributed by atoms with van der Waals surface area (Å²) in [4.78, 5) is 6.37. The van der Waals surface area contributed by atoms with E-state index in [0.717, 1.165) is 56.9 Å². The second-order valence-electron chi connectivity index (χ2n) is 7.10. The Balaban J connectivity index is 1.42. The summed E-state index contributed by atoms with van der Waals surface area (Å²) in [6.45, 7) is 5.99. The lowest BCUT2D eigenvalue weighted by Gasteiger charge is -2.21. The maximum absolute atomic E-state index is 14.5. The molecular weight excluding hydrogens is 375 g/mol. The Bertz CT molecular complexity index is 896. The number of rotatable bonds is 6. The molecule has 3 heterocycles. The maximum Gasteiger partial charge on any atom is 0.136 e. The zero-order valence-electron chi connectivity index (χ0n) is 16.0. The lowest BCUT2D eigenvalue weighted by Crippen LogP contribution is -2.30. The van der Waals surface area contributed by atoms with E-state index >= 15 is 0 Å². The second-order valence-corrected chi connectivity index (χ2v) is 8.13. The van der Waals surface area contributed by atoms with Crippen LogP contribution in [0.5, 0.6) is 5.75 Å². The molecule has 1 saturated heterocycles. The first kappa shape index (κ1) is 19.1. The molecule has 1 N–H and O–H groups in total. The third kappa shape index (κ3) is 4.43. The third-order valence-corrected chi connectivity index (χ3v) is 6.06. The SMILES string of the molecule is COc1ccc(-c2[nH]ncc2CN2CCCN(Cc3cccs3)CC2)c(F)c1. The van der Waals surface area contributed by atoms with Crippen molar-refractivity contribution >= 4 is 11.3 Å². The van der Waals surface area contributed by atoms with Crippen LogP contribution in [-0.4, -0.2) is 53.3 Å². The summed E-state index contributed by atoms with van der Waals surface area (Å²) in [7, 11) is 1.54. The monoisotopic (exact) mass is 400 g/mol. The maximum atomic E-state index is 14.5. The molecule has 1 aliphatic heterocycles. The van der Waals surface area contributed by atoms with Crippen LogP contribution in [-0.2, 0) is 13.1 Å². The van der Waals surface area contributed by atoms with E-state index in [0.29, 0.717) is 11.3 Å². The number of ether oxygens (including phenoxy) is 1. The number of nitrogens with one attached hydrogen (secondary N) is 1. The summed E-state index contributed by atoms with van der Waals surface area (Å²) in [6, 6.07) is 9.25. The van der Waals surface area contributed by atoms with Crippen LogP contribution in [0.4, 0.5) is 4.39 Å². The minimum absolute atomic E-state index is 0.303. The molecule has 1 aromatic carbocycles. The highest BCUT2D eigenvalue weighted by Gasteiger charge is 2.19. The molecule has 0 unspecified atom stereocenters. The van der Waals surface area contributed by atoms with Crippen molar-refractivity contribution in [2.45, 2.75) is 19.5 Å². The van der Waals surface area contributed by atoms with Gasteiger partial charge >= 0.3 is 0 Å². The molecule has 0 saturated carbocycles.